The highest BCUT2D eigenvalue weighted by molar-refractivity contribution is 7.30. The Bertz CT molecular complexity index is 159. The maximum atomic E-state index is 10.1. The van der Waals surface area contributed by atoms with Gasteiger partial charge in [0.1, 0.15) is 6.04 Å². The summed E-state index contributed by atoms with van der Waals surface area (Å²) in [5, 5.41) is 8.28. The van der Waals surface area contributed by atoms with Gasteiger partial charge in [-0.2, -0.15) is 0 Å². The maximum absolute atomic E-state index is 10.1. The van der Waals surface area contributed by atoms with Crippen LogP contribution in [0.2, 0.25) is 0 Å². The minimum absolute atomic E-state index is 0.589. The molecule has 0 aliphatic heterocycles. The molecule has 7 heteroatoms. The molecule has 0 rings (SSSR count). The second kappa shape index (κ2) is 9.67. The molecule has 0 saturated carbocycles. The second-order valence-electron chi connectivity index (χ2n) is 2.37. The van der Waals surface area contributed by atoms with Crippen LogP contribution in [-0.4, -0.2) is 26.9 Å². The lowest BCUT2D eigenvalue weighted by Gasteiger charge is -2.02. The first-order chi connectivity index (χ1) is 5.91. The monoisotopic (exact) mass is 213 g/mol. The number of rotatable bonds is 4. The third kappa shape index (κ3) is 18.5. The minimum atomic E-state index is -3.13. The number of hydrogen-bond acceptors (Lipinski definition) is 3. The lowest BCUT2D eigenvalue weighted by molar-refractivity contribution is -0.138. The fourth-order valence-corrected chi connectivity index (χ4v) is 0.548. The number of hydrogen-bond donors (Lipinski definition) is 4. The lowest BCUT2D eigenvalue weighted by Crippen LogP contribution is -2.29. The summed E-state index contributed by atoms with van der Waals surface area (Å²) in [5.41, 5.74) is 5.20. The second-order valence-corrected chi connectivity index (χ2v) is 2.93. The average molecular weight is 213 g/mol. The average Bonchev–Trinajstić information content (AvgIpc) is 1.98. The van der Waals surface area contributed by atoms with Crippen molar-refractivity contribution in [2.24, 2.45) is 5.73 Å². The van der Waals surface area contributed by atoms with Crippen LogP contribution in [0.5, 0.6) is 0 Å². The van der Waals surface area contributed by atoms with Crippen molar-refractivity contribution in [1.29, 1.82) is 0 Å². The van der Waals surface area contributed by atoms with E-state index >= 15 is 0 Å². The first kappa shape index (κ1) is 15.1. The zero-order chi connectivity index (χ0) is 10.9. The van der Waals surface area contributed by atoms with Gasteiger partial charge in [0.25, 0.3) is 0 Å². The summed E-state index contributed by atoms with van der Waals surface area (Å²) >= 11 is 0. The van der Waals surface area contributed by atoms with E-state index in [2.05, 4.69) is 0 Å². The van der Waals surface area contributed by atoms with Crippen molar-refractivity contribution in [3.05, 3.63) is 0 Å². The Morgan fingerprint density at radius 3 is 2.15 bits per heavy atom. The van der Waals surface area contributed by atoms with Crippen molar-refractivity contribution >= 4 is 14.2 Å². The van der Waals surface area contributed by atoms with Crippen LogP contribution in [0.4, 0.5) is 0 Å². The van der Waals surface area contributed by atoms with E-state index in [1.807, 2.05) is 6.92 Å². The van der Waals surface area contributed by atoms with E-state index in [1.54, 1.807) is 0 Å². The van der Waals surface area contributed by atoms with Crippen LogP contribution >= 0.6 is 8.25 Å². The number of carbonyl (C=O) groups is 1. The third-order valence-corrected chi connectivity index (χ3v) is 1.19. The Balaban J connectivity index is 0. The van der Waals surface area contributed by atoms with Gasteiger partial charge in [0.05, 0.1) is 0 Å². The van der Waals surface area contributed by atoms with Crippen molar-refractivity contribution in [2.45, 2.75) is 32.2 Å². The molecule has 0 saturated heterocycles. The van der Waals surface area contributed by atoms with Crippen molar-refractivity contribution in [1.82, 2.24) is 0 Å². The Hall–Kier alpha value is -0.420. The molecule has 0 aromatic heterocycles. The first-order valence-electron chi connectivity index (χ1n) is 3.82. The molecule has 5 N–H and O–H groups in total. The predicted octanol–water partition coefficient (Wildman–Crippen LogP) is -0.0508. The van der Waals surface area contributed by atoms with Gasteiger partial charge in [-0.05, 0) is 6.42 Å². The molecule has 1 atom stereocenters. The van der Waals surface area contributed by atoms with Gasteiger partial charge in [0, 0.05) is 0 Å². The van der Waals surface area contributed by atoms with Gasteiger partial charge in [-0.1, -0.05) is 19.8 Å². The topological polar surface area (TPSA) is 121 Å². The molecule has 0 spiro atoms. The van der Waals surface area contributed by atoms with Gasteiger partial charge in [0.15, 0.2) is 0 Å². The van der Waals surface area contributed by atoms with Crippen LogP contribution in [0.15, 0.2) is 0 Å². The third-order valence-electron chi connectivity index (χ3n) is 1.19. The summed E-state index contributed by atoms with van der Waals surface area (Å²) in [5.74, 6) is -0.900. The Kier molecular flexibility index (Phi) is 11.2. The molecule has 80 valence electrons. The largest absolute Gasteiger partial charge is 0.480 e. The van der Waals surface area contributed by atoms with Crippen LogP contribution in [-0.2, 0) is 9.36 Å². The van der Waals surface area contributed by atoms with Crippen LogP contribution in [0.3, 0.4) is 0 Å². The fourth-order valence-electron chi connectivity index (χ4n) is 0.548. The summed E-state index contributed by atoms with van der Waals surface area (Å²) < 4.78 is 8.74. The maximum Gasteiger partial charge on any atom is 0.320 e. The molecule has 0 amide bonds. The summed E-state index contributed by atoms with van der Waals surface area (Å²) in [7, 11) is -3.13. The molecule has 1 unspecified atom stereocenters. The summed E-state index contributed by atoms with van der Waals surface area (Å²) in [6.45, 7) is 2.01. The molecule has 6 nitrogen and oxygen atoms in total. The minimum Gasteiger partial charge on any atom is -0.480 e. The SMILES string of the molecule is CCCCC(N)C(=O)O.O=[PH](O)O. The van der Waals surface area contributed by atoms with E-state index in [4.69, 9.17) is 25.2 Å². The van der Waals surface area contributed by atoms with Crippen molar-refractivity contribution in [3.63, 3.8) is 0 Å². The van der Waals surface area contributed by atoms with Gasteiger partial charge in [-0.15, -0.1) is 0 Å². The first-order valence-corrected chi connectivity index (χ1v) is 5.12. The molecule has 0 aliphatic carbocycles. The highest BCUT2D eigenvalue weighted by Gasteiger charge is 2.08. The summed E-state index contributed by atoms with van der Waals surface area (Å²) in [6, 6.07) is -0.662. The zero-order valence-electron chi connectivity index (χ0n) is 7.43. The molecule has 0 bridgehead atoms. The molecule has 0 heterocycles. The highest BCUT2D eigenvalue weighted by atomic mass is 31.1. The van der Waals surface area contributed by atoms with Crippen molar-refractivity contribution < 1.29 is 24.3 Å². The summed E-state index contributed by atoms with van der Waals surface area (Å²) in [4.78, 5) is 24.4. The molecular weight excluding hydrogens is 197 g/mol. The molecule has 13 heavy (non-hydrogen) atoms. The Morgan fingerprint density at radius 1 is 1.54 bits per heavy atom. The van der Waals surface area contributed by atoms with E-state index in [-0.39, 0.29) is 0 Å². The van der Waals surface area contributed by atoms with Crippen LogP contribution < -0.4 is 5.73 Å². The van der Waals surface area contributed by atoms with Crippen molar-refractivity contribution in [2.75, 3.05) is 0 Å². The van der Waals surface area contributed by atoms with E-state index in [0.717, 1.165) is 12.8 Å². The van der Waals surface area contributed by atoms with Crippen LogP contribution in [0, 0.1) is 0 Å². The quantitative estimate of drug-likeness (QED) is 0.486. The van der Waals surface area contributed by atoms with E-state index in [1.165, 1.54) is 0 Å². The molecular formula is C6H16NO5P. The van der Waals surface area contributed by atoms with Crippen molar-refractivity contribution in [3.8, 4) is 0 Å². The highest BCUT2D eigenvalue weighted by Crippen LogP contribution is 1.98. The van der Waals surface area contributed by atoms with Gasteiger partial charge < -0.3 is 20.6 Å². The molecule has 0 fully saturated rings. The van der Waals surface area contributed by atoms with E-state index < -0.39 is 20.3 Å². The smallest absolute Gasteiger partial charge is 0.320 e. The summed E-state index contributed by atoms with van der Waals surface area (Å²) in [6.07, 6.45) is 2.49. The van der Waals surface area contributed by atoms with Crippen LogP contribution in [0.1, 0.15) is 26.2 Å². The number of carboxylic acid groups (broad SMARTS) is 1. The predicted molar refractivity (Wildman–Crippen MR) is 48.6 cm³/mol. The van der Waals surface area contributed by atoms with E-state index in [0.29, 0.717) is 6.42 Å². The number of carboxylic acids is 1. The van der Waals surface area contributed by atoms with E-state index in [9.17, 15) is 4.79 Å². The molecule has 0 radical (unpaired) electrons. The standard InChI is InChI=1S/C6H13NO2.H3O3P/c1-2-3-4-5(7)6(8)9;1-4(2)3/h5H,2-4,7H2,1H3,(H,8,9);4H,(H2,1,2,3). The number of aliphatic carboxylic acids is 1. The fraction of sp³-hybridized carbons (Fsp3) is 0.833. The lowest BCUT2D eigenvalue weighted by atomic mass is 10.1. The number of unbranched alkanes of at least 4 members (excludes halogenated alkanes) is 1. The van der Waals surface area contributed by atoms with Gasteiger partial charge >= 0.3 is 14.2 Å². The molecule has 0 aromatic rings. The van der Waals surface area contributed by atoms with Gasteiger partial charge in [-0.25, -0.2) is 0 Å². The Morgan fingerprint density at radius 2 is 1.92 bits per heavy atom. The normalized spacial score (nSPS) is 11.8. The molecule has 0 aromatic carbocycles. The zero-order valence-corrected chi connectivity index (χ0v) is 8.43. The van der Waals surface area contributed by atoms with Gasteiger partial charge in [-0.3, -0.25) is 9.36 Å². The van der Waals surface area contributed by atoms with Gasteiger partial charge in [0.2, 0.25) is 0 Å². The van der Waals surface area contributed by atoms with Crippen LogP contribution in [0.25, 0.3) is 0 Å². The number of nitrogens with two attached hydrogens (primary N) is 1. The molecule has 0 aliphatic rings. The Labute approximate surface area is 77.3 Å².